The molecule has 0 aliphatic carbocycles. The summed E-state index contributed by atoms with van der Waals surface area (Å²) in [6.45, 7) is 3.15. The SMILES string of the molecule is CC(=O)N1CCC[C@@H](Nc2nnc(Cl)c3ccccc23)C1. The summed E-state index contributed by atoms with van der Waals surface area (Å²) < 4.78 is 0. The molecule has 3 rings (SSSR count). The van der Waals surface area contributed by atoms with Crippen LogP contribution < -0.4 is 5.32 Å². The second-order valence-corrected chi connectivity index (χ2v) is 5.69. The normalized spacial score (nSPS) is 18.8. The van der Waals surface area contributed by atoms with Crippen LogP contribution in [-0.4, -0.2) is 40.1 Å². The van der Waals surface area contributed by atoms with Crippen LogP contribution in [-0.2, 0) is 4.79 Å². The van der Waals surface area contributed by atoms with Crippen LogP contribution in [0.5, 0.6) is 0 Å². The van der Waals surface area contributed by atoms with E-state index in [1.165, 1.54) is 0 Å². The third-order valence-corrected chi connectivity index (χ3v) is 4.13. The van der Waals surface area contributed by atoms with E-state index in [0.717, 1.165) is 36.0 Å². The van der Waals surface area contributed by atoms with Crippen molar-refractivity contribution in [2.24, 2.45) is 0 Å². The van der Waals surface area contributed by atoms with Crippen LogP contribution in [0.4, 0.5) is 5.82 Å². The molecule has 0 saturated carbocycles. The second kappa shape index (κ2) is 5.85. The van der Waals surface area contributed by atoms with E-state index in [1.54, 1.807) is 6.92 Å². The zero-order valence-electron chi connectivity index (χ0n) is 11.8. The first-order valence-corrected chi connectivity index (χ1v) is 7.46. The molecule has 2 heterocycles. The van der Waals surface area contributed by atoms with E-state index in [9.17, 15) is 4.79 Å². The number of hydrogen-bond donors (Lipinski definition) is 1. The number of benzene rings is 1. The van der Waals surface area contributed by atoms with Crippen molar-refractivity contribution in [3.05, 3.63) is 29.4 Å². The highest BCUT2D eigenvalue weighted by molar-refractivity contribution is 6.34. The quantitative estimate of drug-likeness (QED) is 0.927. The van der Waals surface area contributed by atoms with E-state index in [1.807, 2.05) is 29.2 Å². The first-order chi connectivity index (χ1) is 10.1. The number of hydrogen-bond acceptors (Lipinski definition) is 4. The molecular weight excluding hydrogens is 288 g/mol. The van der Waals surface area contributed by atoms with Gasteiger partial charge in [-0.2, -0.15) is 0 Å². The maximum Gasteiger partial charge on any atom is 0.219 e. The molecule has 1 saturated heterocycles. The third kappa shape index (κ3) is 2.93. The molecule has 6 heteroatoms. The molecule has 1 aliphatic rings. The highest BCUT2D eigenvalue weighted by Crippen LogP contribution is 2.27. The van der Waals surface area contributed by atoms with Crippen molar-refractivity contribution in [1.29, 1.82) is 0 Å². The number of carbonyl (C=O) groups is 1. The molecule has 0 radical (unpaired) electrons. The van der Waals surface area contributed by atoms with E-state index in [-0.39, 0.29) is 11.9 Å². The van der Waals surface area contributed by atoms with Crippen molar-refractivity contribution < 1.29 is 4.79 Å². The molecule has 0 bridgehead atoms. The maximum absolute atomic E-state index is 11.5. The van der Waals surface area contributed by atoms with Gasteiger partial charge in [0.15, 0.2) is 11.0 Å². The van der Waals surface area contributed by atoms with Crippen LogP contribution in [0.2, 0.25) is 5.15 Å². The van der Waals surface area contributed by atoms with Crippen molar-refractivity contribution in [3.8, 4) is 0 Å². The molecule has 1 atom stereocenters. The van der Waals surface area contributed by atoms with E-state index in [4.69, 9.17) is 11.6 Å². The molecular formula is C15H17ClN4O. The Bertz CT molecular complexity index is 676. The van der Waals surface area contributed by atoms with Gasteiger partial charge in [0.2, 0.25) is 5.91 Å². The Hall–Kier alpha value is -1.88. The molecule has 1 N–H and O–H groups in total. The van der Waals surface area contributed by atoms with Gasteiger partial charge < -0.3 is 10.2 Å². The van der Waals surface area contributed by atoms with Crippen LogP contribution in [0.25, 0.3) is 10.8 Å². The van der Waals surface area contributed by atoms with E-state index >= 15 is 0 Å². The number of piperidine rings is 1. The van der Waals surface area contributed by atoms with Gasteiger partial charge in [-0.3, -0.25) is 4.79 Å². The van der Waals surface area contributed by atoms with Gasteiger partial charge in [0.05, 0.1) is 0 Å². The lowest BCUT2D eigenvalue weighted by atomic mass is 10.1. The average Bonchev–Trinajstić information content (AvgIpc) is 2.51. The minimum absolute atomic E-state index is 0.119. The zero-order chi connectivity index (χ0) is 14.8. The molecule has 21 heavy (non-hydrogen) atoms. The fourth-order valence-corrected chi connectivity index (χ4v) is 2.95. The number of anilines is 1. The summed E-state index contributed by atoms with van der Waals surface area (Å²) in [4.78, 5) is 13.4. The number of aromatic nitrogens is 2. The zero-order valence-corrected chi connectivity index (χ0v) is 12.6. The molecule has 0 spiro atoms. The predicted molar refractivity (Wildman–Crippen MR) is 83.4 cm³/mol. The number of nitrogens with zero attached hydrogens (tertiary/aromatic N) is 3. The fourth-order valence-electron chi connectivity index (χ4n) is 2.75. The van der Waals surface area contributed by atoms with Crippen molar-refractivity contribution in [1.82, 2.24) is 15.1 Å². The van der Waals surface area contributed by atoms with Gasteiger partial charge in [0.1, 0.15) is 0 Å². The molecule has 1 aliphatic heterocycles. The van der Waals surface area contributed by atoms with Crippen molar-refractivity contribution in [3.63, 3.8) is 0 Å². The van der Waals surface area contributed by atoms with E-state index in [2.05, 4.69) is 15.5 Å². The summed E-state index contributed by atoms with van der Waals surface area (Å²) in [6.07, 6.45) is 2.01. The van der Waals surface area contributed by atoms with Crippen LogP contribution in [0.15, 0.2) is 24.3 Å². The number of rotatable bonds is 2. The molecule has 110 valence electrons. The van der Waals surface area contributed by atoms with Gasteiger partial charge in [-0.1, -0.05) is 35.9 Å². The first-order valence-electron chi connectivity index (χ1n) is 7.08. The summed E-state index contributed by atoms with van der Waals surface area (Å²) in [6, 6.07) is 7.98. The maximum atomic E-state index is 11.5. The van der Waals surface area contributed by atoms with Crippen LogP contribution in [0, 0.1) is 0 Å². The van der Waals surface area contributed by atoms with Gasteiger partial charge in [0.25, 0.3) is 0 Å². The number of nitrogens with one attached hydrogen (secondary N) is 1. The summed E-state index contributed by atoms with van der Waals surface area (Å²) in [7, 11) is 0. The number of likely N-dealkylation sites (tertiary alicyclic amines) is 1. The topological polar surface area (TPSA) is 58.1 Å². The van der Waals surface area contributed by atoms with E-state index in [0.29, 0.717) is 11.7 Å². The van der Waals surface area contributed by atoms with Crippen LogP contribution in [0.1, 0.15) is 19.8 Å². The fraction of sp³-hybridized carbons (Fsp3) is 0.400. The number of carbonyl (C=O) groups excluding carboxylic acids is 1. The van der Waals surface area contributed by atoms with Gasteiger partial charge in [0, 0.05) is 36.8 Å². The molecule has 1 fully saturated rings. The Labute approximate surface area is 128 Å². The summed E-state index contributed by atoms with van der Waals surface area (Å²) in [5.41, 5.74) is 0. The van der Waals surface area contributed by atoms with Crippen LogP contribution in [0.3, 0.4) is 0 Å². The Morgan fingerprint density at radius 1 is 1.33 bits per heavy atom. The average molecular weight is 305 g/mol. The highest BCUT2D eigenvalue weighted by atomic mass is 35.5. The van der Waals surface area contributed by atoms with Crippen molar-refractivity contribution in [2.75, 3.05) is 18.4 Å². The summed E-state index contributed by atoms with van der Waals surface area (Å²) >= 11 is 6.08. The van der Waals surface area contributed by atoms with Gasteiger partial charge >= 0.3 is 0 Å². The lowest BCUT2D eigenvalue weighted by molar-refractivity contribution is -0.129. The molecule has 5 nitrogen and oxygen atoms in total. The lowest BCUT2D eigenvalue weighted by Gasteiger charge is -2.32. The minimum atomic E-state index is 0.119. The lowest BCUT2D eigenvalue weighted by Crippen LogP contribution is -2.44. The summed E-state index contributed by atoms with van der Waals surface area (Å²) in [5.74, 6) is 0.846. The summed E-state index contributed by atoms with van der Waals surface area (Å²) in [5, 5.41) is 13.8. The Kier molecular flexibility index (Phi) is 3.92. The minimum Gasteiger partial charge on any atom is -0.364 e. The Balaban J connectivity index is 1.85. The number of amides is 1. The molecule has 1 aromatic carbocycles. The monoisotopic (exact) mass is 304 g/mol. The van der Waals surface area contributed by atoms with Gasteiger partial charge in [-0.15, -0.1) is 10.2 Å². The molecule has 1 amide bonds. The Morgan fingerprint density at radius 3 is 2.86 bits per heavy atom. The van der Waals surface area contributed by atoms with Crippen molar-refractivity contribution >= 4 is 34.1 Å². The molecule has 0 unspecified atom stereocenters. The van der Waals surface area contributed by atoms with E-state index < -0.39 is 0 Å². The first kappa shape index (κ1) is 14.1. The van der Waals surface area contributed by atoms with Crippen molar-refractivity contribution in [2.45, 2.75) is 25.8 Å². The standard InChI is InChI=1S/C15H17ClN4O/c1-10(21)20-8-4-5-11(9-20)17-15-13-7-3-2-6-12(13)14(16)18-19-15/h2-3,6-7,11H,4-5,8-9H2,1H3,(H,17,19)/t11-/m1/s1. The number of halogens is 1. The third-order valence-electron chi connectivity index (χ3n) is 3.85. The second-order valence-electron chi connectivity index (χ2n) is 5.33. The predicted octanol–water partition coefficient (Wildman–Crippen LogP) is 2.71. The smallest absolute Gasteiger partial charge is 0.219 e. The Morgan fingerprint density at radius 2 is 2.10 bits per heavy atom. The largest absolute Gasteiger partial charge is 0.364 e. The number of fused-ring (bicyclic) bond motifs is 1. The molecule has 2 aromatic rings. The highest BCUT2D eigenvalue weighted by Gasteiger charge is 2.22. The van der Waals surface area contributed by atoms with Crippen LogP contribution >= 0.6 is 11.6 Å². The molecule has 1 aromatic heterocycles. The van der Waals surface area contributed by atoms with Gasteiger partial charge in [-0.05, 0) is 12.8 Å². The van der Waals surface area contributed by atoms with Gasteiger partial charge in [-0.25, -0.2) is 0 Å².